The molecule has 28 heteroatoms. The quantitative estimate of drug-likeness (QED) is 0.0922. The van der Waals surface area contributed by atoms with Crippen LogP contribution in [0.1, 0.15) is 12.5 Å². The van der Waals surface area contributed by atoms with E-state index in [4.69, 9.17) is 34.5 Å². The number of aliphatic hydroxyl groups excluding tert-OH is 2. The van der Waals surface area contributed by atoms with E-state index in [-0.39, 0.29) is 34.1 Å². The van der Waals surface area contributed by atoms with E-state index in [1.807, 2.05) is 0 Å². The van der Waals surface area contributed by atoms with Gasteiger partial charge in [-0.3, -0.25) is 37.0 Å². The molecule has 2 fully saturated rings. The molecule has 0 saturated carbocycles. The SMILES string of the molecule is Nc1nc2c(ncn2[C@@H]2O[C@H](COP(=O)(O)O[C@H]3[C@@H](O)[C@H](n4cnc5c(N)ncnc54)O[C@@H]3COP(=O)=O)[C@@H](OP(=O)=O)[C@H]2O)c(=O)[nH]1. The van der Waals surface area contributed by atoms with Gasteiger partial charge in [-0.05, 0) is 0 Å². The van der Waals surface area contributed by atoms with Gasteiger partial charge >= 0.3 is 23.6 Å². The molecule has 0 aromatic carbocycles. The van der Waals surface area contributed by atoms with Crippen molar-refractivity contribution in [3.05, 3.63) is 29.3 Å². The van der Waals surface area contributed by atoms with E-state index in [0.29, 0.717) is 0 Å². The van der Waals surface area contributed by atoms with Crippen LogP contribution in [-0.2, 0) is 50.4 Å². The number of anilines is 2. The van der Waals surface area contributed by atoms with Crippen LogP contribution < -0.4 is 17.0 Å². The van der Waals surface area contributed by atoms with Gasteiger partial charge in [-0.1, -0.05) is 0 Å². The minimum atomic E-state index is -5.27. The molecule has 0 radical (unpaired) electrons. The smallest absolute Gasteiger partial charge is 0.386 e. The lowest BCUT2D eigenvalue weighted by molar-refractivity contribution is -0.0562. The highest BCUT2D eigenvalue weighted by Crippen LogP contribution is 2.50. The number of aromatic amines is 1. The van der Waals surface area contributed by atoms with E-state index in [2.05, 4.69) is 34.4 Å². The summed E-state index contributed by atoms with van der Waals surface area (Å²) in [4.78, 5) is 44.8. The first-order chi connectivity index (χ1) is 22.7. The second-order valence-electron chi connectivity index (χ2n) is 10.1. The third kappa shape index (κ3) is 6.59. The summed E-state index contributed by atoms with van der Waals surface area (Å²) in [5.41, 5.74) is 10.6. The maximum Gasteiger partial charge on any atom is 0.472 e. The fourth-order valence-corrected chi connectivity index (χ4v) is 6.89. The molecular weight excluding hydrogens is 713 g/mol. The molecule has 6 heterocycles. The number of nitrogen functional groups attached to an aromatic ring is 2. The first-order valence-electron chi connectivity index (χ1n) is 13.3. The zero-order valence-corrected chi connectivity index (χ0v) is 26.3. The van der Waals surface area contributed by atoms with E-state index in [9.17, 15) is 42.7 Å². The number of aromatic nitrogens is 8. The van der Waals surface area contributed by atoms with E-state index < -0.39 is 91.5 Å². The average molecular weight is 736 g/mol. The molecular formula is C20H23N10O15P3. The number of aliphatic hydroxyl groups is 2. The highest BCUT2D eigenvalue weighted by Gasteiger charge is 2.51. The monoisotopic (exact) mass is 736 g/mol. The van der Waals surface area contributed by atoms with Gasteiger partial charge in [0, 0.05) is 0 Å². The summed E-state index contributed by atoms with van der Waals surface area (Å²) in [6.45, 7) is -1.73. The second-order valence-corrected chi connectivity index (χ2v) is 12.9. The van der Waals surface area contributed by atoms with Crippen molar-refractivity contribution >= 4 is 57.7 Å². The Labute approximate surface area is 265 Å². The summed E-state index contributed by atoms with van der Waals surface area (Å²) in [7, 11) is -12.3. The number of rotatable bonds is 12. The molecule has 2 aliphatic rings. The molecule has 6 rings (SSSR count). The van der Waals surface area contributed by atoms with Gasteiger partial charge in [-0.2, -0.15) is 4.98 Å². The third-order valence-electron chi connectivity index (χ3n) is 7.21. The zero-order chi connectivity index (χ0) is 34.5. The fourth-order valence-electron chi connectivity index (χ4n) is 5.20. The molecule has 9 atom stereocenters. The summed E-state index contributed by atoms with van der Waals surface area (Å²) in [6.07, 6.45) is -9.78. The molecule has 0 amide bonds. The summed E-state index contributed by atoms with van der Waals surface area (Å²) >= 11 is 0. The van der Waals surface area contributed by atoms with Gasteiger partial charge in [-0.15, -0.1) is 0 Å². The van der Waals surface area contributed by atoms with Crippen LogP contribution in [0.4, 0.5) is 11.8 Å². The number of imidazole rings is 2. The predicted octanol–water partition coefficient (Wildman–Crippen LogP) is -1.28. The Hall–Kier alpha value is -3.83. The van der Waals surface area contributed by atoms with Crippen LogP contribution in [0.15, 0.2) is 23.8 Å². The molecule has 48 heavy (non-hydrogen) atoms. The van der Waals surface area contributed by atoms with E-state index in [0.717, 1.165) is 17.2 Å². The minimum absolute atomic E-state index is 0.00361. The van der Waals surface area contributed by atoms with Gasteiger partial charge in [0.15, 0.2) is 35.1 Å². The average Bonchev–Trinajstić information content (AvgIpc) is 3.77. The number of hydrogen-bond acceptors (Lipinski definition) is 21. The van der Waals surface area contributed by atoms with Crippen molar-refractivity contribution in [2.75, 3.05) is 24.7 Å². The molecule has 25 nitrogen and oxygen atoms in total. The number of phosphoric ester groups is 1. The highest BCUT2D eigenvalue weighted by molar-refractivity contribution is 7.47. The van der Waals surface area contributed by atoms with Crippen molar-refractivity contribution in [2.45, 2.75) is 49.1 Å². The number of nitrogens with zero attached hydrogens (tertiary/aromatic N) is 7. The number of fused-ring (bicyclic) bond motifs is 2. The van der Waals surface area contributed by atoms with Crippen LogP contribution in [0, 0.1) is 0 Å². The Bertz CT molecular complexity index is 2090. The van der Waals surface area contributed by atoms with Crippen molar-refractivity contribution in [3.63, 3.8) is 0 Å². The lowest BCUT2D eigenvalue weighted by atomic mass is 10.1. The molecule has 4 aromatic heterocycles. The van der Waals surface area contributed by atoms with Gasteiger partial charge in [0.2, 0.25) is 5.95 Å². The maximum atomic E-state index is 13.1. The van der Waals surface area contributed by atoms with E-state index in [1.54, 1.807) is 0 Å². The van der Waals surface area contributed by atoms with Crippen LogP contribution in [0.3, 0.4) is 0 Å². The molecule has 0 aliphatic carbocycles. The third-order valence-corrected chi connectivity index (χ3v) is 8.97. The number of hydrogen-bond donors (Lipinski definition) is 6. The van der Waals surface area contributed by atoms with Gasteiger partial charge < -0.3 is 36.0 Å². The van der Waals surface area contributed by atoms with Crippen molar-refractivity contribution in [2.24, 2.45) is 0 Å². The van der Waals surface area contributed by atoms with Crippen molar-refractivity contribution in [3.8, 4) is 0 Å². The van der Waals surface area contributed by atoms with Crippen LogP contribution >= 0.6 is 23.6 Å². The van der Waals surface area contributed by atoms with E-state index in [1.165, 1.54) is 10.9 Å². The highest BCUT2D eigenvalue weighted by atomic mass is 31.2. The first kappa shape index (κ1) is 34.0. The molecule has 2 aliphatic heterocycles. The van der Waals surface area contributed by atoms with Crippen LogP contribution in [0.25, 0.3) is 22.3 Å². The van der Waals surface area contributed by atoms with Gasteiger partial charge in [0.1, 0.15) is 48.5 Å². The molecule has 0 spiro atoms. The minimum Gasteiger partial charge on any atom is -0.386 e. The largest absolute Gasteiger partial charge is 0.472 e. The summed E-state index contributed by atoms with van der Waals surface area (Å²) in [5.74, 6) is -0.309. The Kier molecular flexibility index (Phi) is 9.39. The zero-order valence-electron chi connectivity index (χ0n) is 23.6. The number of nitrogens with two attached hydrogens (primary N) is 2. The van der Waals surface area contributed by atoms with Gasteiger partial charge in [-0.25, -0.2) is 42.8 Å². The van der Waals surface area contributed by atoms with E-state index >= 15 is 0 Å². The fraction of sp³-hybridized carbons (Fsp3) is 0.500. The number of ether oxygens (including phenoxy) is 2. The molecule has 0 bridgehead atoms. The van der Waals surface area contributed by atoms with Crippen LogP contribution in [0.2, 0.25) is 0 Å². The normalized spacial score (nSPS) is 28.6. The summed E-state index contributed by atoms with van der Waals surface area (Å²) in [5, 5.41) is 22.0. The Morgan fingerprint density at radius 2 is 1.52 bits per heavy atom. The number of phosphoric acid groups is 1. The molecule has 2 saturated heterocycles. The first-order valence-corrected chi connectivity index (χ1v) is 17.0. The summed E-state index contributed by atoms with van der Waals surface area (Å²) < 4.78 is 91.5. The maximum absolute atomic E-state index is 13.1. The predicted molar refractivity (Wildman–Crippen MR) is 150 cm³/mol. The second kappa shape index (κ2) is 13.2. The number of nitrogens with one attached hydrogen (secondary N) is 1. The Morgan fingerprint density at radius 3 is 2.19 bits per heavy atom. The topological polar surface area (TPSA) is 361 Å². The molecule has 1 unspecified atom stereocenters. The lowest BCUT2D eigenvalue weighted by Gasteiger charge is -2.24. The Morgan fingerprint density at radius 1 is 0.896 bits per heavy atom. The van der Waals surface area contributed by atoms with Crippen LogP contribution in [0.5, 0.6) is 0 Å². The van der Waals surface area contributed by atoms with Gasteiger partial charge in [0.25, 0.3) is 5.56 Å². The number of H-pyrrole nitrogens is 1. The molecule has 4 aromatic rings. The molecule has 8 N–H and O–H groups in total. The standard InChI is InChI=1S/C20H23N10O15P3/c21-14-8-15(24-3-23-14)29(4-25-8)19-11(32)13(6(42-19)1-40-46(34)35)45-48(38,39)41-2-7-12(44-47(36)37)10(31)18(43-7)30-5-26-9-16(30)27-20(22)28-17(9)33/h3-7,10-13,18-19,31-32H,1-2H2,(H,38,39)(H2,21,23,24)(H3,22,27,28,33)/t6-,7-,10-,11-,12-,13-,18-,19-/m1/s1. The Balaban J connectivity index is 1.21. The van der Waals surface area contributed by atoms with Crippen molar-refractivity contribution in [1.29, 1.82) is 0 Å². The van der Waals surface area contributed by atoms with Crippen LogP contribution in [-0.4, -0.2) is 104 Å². The van der Waals surface area contributed by atoms with Gasteiger partial charge in [0.05, 0.1) is 25.9 Å². The lowest BCUT2D eigenvalue weighted by Crippen LogP contribution is -2.37. The van der Waals surface area contributed by atoms with Crippen molar-refractivity contribution < 1.29 is 65.5 Å². The summed E-state index contributed by atoms with van der Waals surface area (Å²) in [6, 6.07) is 0. The van der Waals surface area contributed by atoms with Crippen molar-refractivity contribution in [1.82, 2.24) is 39.0 Å². The molecule has 258 valence electrons.